The van der Waals surface area contributed by atoms with Crippen molar-refractivity contribution in [3.63, 3.8) is 0 Å². The molecule has 1 aliphatic carbocycles. The maximum Gasteiger partial charge on any atom is 0.285 e. The van der Waals surface area contributed by atoms with E-state index in [9.17, 15) is 9.59 Å². The number of nitrogens with zero attached hydrogens (tertiary/aromatic N) is 1. The number of carbonyl (C=O) groups is 2. The molecule has 2 aliphatic rings. The van der Waals surface area contributed by atoms with Crippen LogP contribution in [0.25, 0.3) is 0 Å². The Hall–Kier alpha value is -1.42. The van der Waals surface area contributed by atoms with Crippen LogP contribution >= 0.6 is 0 Å². The third-order valence-electron chi connectivity index (χ3n) is 2.21. The monoisotopic (exact) mass is 179 g/mol. The Morgan fingerprint density at radius 2 is 2.15 bits per heavy atom. The van der Waals surface area contributed by atoms with Crippen LogP contribution in [0.2, 0.25) is 0 Å². The van der Waals surface area contributed by atoms with Crippen LogP contribution in [-0.4, -0.2) is 24.0 Å². The molecule has 0 saturated carbocycles. The number of hydroxylamine groups is 2. The van der Waals surface area contributed by atoms with E-state index in [1.807, 2.05) is 6.08 Å². The van der Waals surface area contributed by atoms with Gasteiger partial charge in [0.25, 0.3) is 11.8 Å². The molecule has 4 heteroatoms. The van der Waals surface area contributed by atoms with Gasteiger partial charge in [0.05, 0.1) is 12.7 Å². The summed E-state index contributed by atoms with van der Waals surface area (Å²) in [7, 11) is 1.32. The predicted molar refractivity (Wildman–Crippen MR) is 44.3 cm³/mol. The van der Waals surface area contributed by atoms with Crippen LogP contribution in [0.5, 0.6) is 0 Å². The average Bonchev–Trinajstić information content (AvgIpc) is 2.41. The van der Waals surface area contributed by atoms with E-state index in [1.165, 1.54) is 7.11 Å². The Labute approximate surface area is 75.4 Å². The molecule has 2 rings (SSSR count). The molecular formula is C9H9NO3. The zero-order valence-corrected chi connectivity index (χ0v) is 7.24. The lowest BCUT2D eigenvalue weighted by molar-refractivity contribution is -0.178. The van der Waals surface area contributed by atoms with Crippen molar-refractivity contribution in [1.82, 2.24) is 5.06 Å². The minimum atomic E-state index is -0.349. The van der Waals surface area contributed by atoms with Crippen LogP contribution in [0.3, 0.4) is 0 Å². The number of allylic oxidation sites excluding steroid dienone is 1. The van der Waals surface area contributed by atoms with E-state index >= 15 is 0 Å². The highest BCUT2D eigenvalue weighted by Crippen LogP contribution is 2.28. The molecule has 0 aromatic carbocycles. The first-order chi connectivity index (χ1) is 6.25. The van der Waals surface area contributed by atoms with Gasteiger partial charge in [-0.15, -0.1) is 5.06 Å². The van der Waals surface area contributed by atoms with Crippen LogP contribution in [0.15, 0.2) is 23.3 Å². The second-order valence-electron chi connectivity index (χ2n) is 2.92. The fourth-order valence-electron chi connectivity index (χ4n) is 1.58. The lowest BCUT2D eigenvalue weighted by atomic mass is 10.00. The molecule has 0 radical (unpaired) electrons. The highest BCUT2D eigenvalue weighted by atomic mass is 16.7. The van der Waals surface area contributed by atoms with Gasteiger partial charge in [0.15, 0.2) is 0 Å². The van der Waals surface area contributed by atoms with Crippen LogP contribution in [-0.2, 0) is 14.4 Å². The van der Waals surface area contributed by atoms with Crippen LogP contribution < -0.4 is 0 Å². The van der Waals surface area contributed by atoms with E-state index in [0.29, 0.717) is 17.6 Å². The van der Waals surface area contributed by atoms with Crippen molar-refractivity contribution in [2.75, 3.05) is 7.11 Å². The second kappa shape index (κ2) is 2.81. The molecule has 0 bridgehead atoms. The Kier molecular flexibility index (Phi) is 1.77. The van der Waals surface area contributed by atoms with E-state index < -0.39 is 0 Å². The lowest BCUT2D eigenvalue weighted by Crippen LogP contribution is -2.30. The lowest BCUT2D eigenvalue weighted by Gasteiger charge is -2.09. The summed E-state index contributed by atoms with van der Waals surface area (Å²) < 4.78 is 0. The van der Waals surface area contributed by atoms with Gasteiger partial charge in [-0.1, -0.05) is 12.2 Å². The molecule has 2 amide bonds. The van der Waals surface area contributed by atoms with Gasteiger partial charge < -0.3 is 0 Å². The van der Waals surface area contributed by atoms with Gasteiger partial charge in [-0.25, -0.2) is 0 Å². The first kappa shape index (κ1) is 8.19. The number of hydrogen-bond donors (Lipinski definition) is 0. The summed E-state index contributed by atoms with van der Waals surface area (Å²) in [5, 5.41) is 0.806. The average molecular weight is 179 g/mol. The minimum Gasteiger partial charge on any atom is -0.267 e. The predicted octanol–water partition coefficient (Wildman–Crippen LogP) is 0.563. The fourth-order valence-corrected chi connectivity index (χ4v) is 1.58. The van der Waals surface area contributed by atoms with E-state index in [1.54, 1.807) is 6.08 Å². The molecule has 13 heavy (non-hydrogen) atoms. The van der Waals surface area contributed by atoms with Crippen molar-refractivity contribution in [2.24, 2.45) is 0 Å². The largest absolute Gasteiger partial charge is 0.285 e. The van der Waals surface area contributed by atoms with Gasteiger partial charge in [0, 0.05) is 5.57 Å². The zero-order chi connectivity index (χ0) is 9.42. The number of imide groups is 1. The Morgan fingerprint density at radius 3 is 2.77 bits per heavy atom. The summed E-state index contributed by atoms with van der Waals surface area (Å²) in [6.07, 6.45) is 5.03. The summed E-state index contributed by atoms with van der Waals surface area (Å²) in [5.74, 6) is -0.662. The van der Waals surface area contributed by atoms with Crippen LogP contribution in [0.4, 0.5) is 0 Å². The minimum absolute atomic E-state index is 0.313. The molecule has 4 nitrogen and oxygen atoms in total. The number of carbonyl (C=O) groups excluding carboxylic acids is 2. The van der Waals surface area contributed by atoms with Gasteiger partial charge in [0.2, 0.25) is 0 Å². The van der Waals surface area contributed by atoms with Gasteiger partial charge in [-0.3, -0.25) is 14.4 Å². The molecule has 0 N–H and O–H groups in total. The second-order valence-corrected chi connectivity index (χ2v) is 2.92. The molecule has 0 fully saturated rings. The molecular weight excluding hydrogens is 170 g/mol. The third-order valence-corrected chi connectivity index (χ3v) is 2.21. The zero-order valence-electron chi connectivity index (χ0n) is 7.24. The summed E-state index contributed by atoms with van der Waals surface area (Å²) in [5.41, 5.74) is 1.06. The van der Waals surface area contributed by atoms with Gasteiger partial charge in [-0.05, 0) is 12.8 Å². The SMILES string of the molecule is CON1C(=O)C2=C(CCC=C2)C1=O. The van der Waals surface area contributed by atoms with Crippen molar-refractivity contribution in [3.8, 4) is 0 Å². The summed E-state index contributed by atoms with van der Waals surface area (Å²) in [6.45, 7) is 0. The van der Waals surface area contributed by atoms with Crippen molar-refractivity contribution >= 4 is 11.8 Å². The van der Waals surface area contributed by atoms with Crippen LogP contribution in [0, 0.1) is 0 Å². The fraction of sp³-hybridized carbons (Fsp3) is 0.333. The van der Waals surface area contributed by atoms with Crippen LogP contribution in [0.1, 0.15) is 12.8 Å². The maximum absolute atomic E-state index is 11.5. The summed E-state index contributed by atoms with van der Waals surface area (Å²) >= 11 is 0. The summed E-state index contributed by atoms with van der Waals surface area (Å²) in [6, 6.07) is 0. The molecule has 0 unspecified atom stereocenters. The van der Waals surface area contributed by atoms with Gasteiger partial charge in [0.1, 0.15) is 0 Å². The summed E-state index contributed by atoms with van der Waals surface area (Å²) in [4.78, 5) is 27.6. The van der Waals surface area contributed by atoms with E-state index in [4.69, 9.17) is 0 Å². The first-order valence-electron chi connectivity index (χ1n) is 4.08. The number of hydrogen-bond acceptors (Lipinski definition) is 3. The normalized spacial score (nSPS) is 21.5. The van der Waals surface area contributed by atoms with Crippen molar-refractivity contribution in [2.45, 2.75) is 12.8 Å². The van der Waals surface area contributed by atoms with Gasteiger partial charge in [-0.2, -0.15) is 0 Å². The van der Waals surface area contributed by atoms with Crippen molar-refractivity contribution < 1.29 is 14.4 Å². The molecule has 0 aromatic rings. The maximum atomic E-state index is 11.5. The number of rotatable bonds is 1. The molecule has 1 heterocycles. The third kappa shape index (κ3) is 1.02. The van der Waals surface area contributed by atoms with Crippen molar-refractivity contribution in [1.29, 1.82) is 0 Å². The Morgan fingerprint density at radius 1 is 1.38 bits per heavy atom. The topological polar surface area (TPSA) is 46.6 Å². The van der Waals surface area contributed by atoms with E-state index in [2.05, 4.69) is 4.84 Å². The quantitative estimate of drug-likeness (QED) is 0.552. The van der Waals surface area contributed by atoms with Crippen molar-refractivity contribution in [3.05, 3.63) is 23.3 Å². The standard InChI is InChI=1S/C9H9NO3/c1-13-10-8(11)6-4-2-3-5-7(6)9(10)12/h2,4H,3,5H2,1H3. The molecule has 1 aliphatic heterocycles. The Bertz CT molecular complexity index is 341. The molecule has 0 atom stereocenters. The van der Waals surface area contributed by atoms with Gasteiger partial charge >= 0.3 is 0 Å². The highest BCUT2D eigenvalue weighted by molar-refractivity contribution is 6.20. The smallest absolute Gasteiger partial charge is 0.267 e. The molecule has 0 aromatic heterocycles. The molecule has 68 valence electrons. The Balaban J connectivity index is 2.41. The first-order valence-corrected chi connectivity index (χ1v) is 4.08. The molecule has 0 saturated heterocycles. The molecule has 0 spiro atoms. The number of amides is 2. The van der Waals surface area contributed by atoms with E-state index in [-0.39, 0.29) is 11.8 Å². The highest BCUT2D eigenvalue weighted by Gasteiger charge is 2.37. The van der Waals surface area contributed by atoms with E-state index in [0.717, 1.165) is 11.5 Å².